The van der Waals surface area contributed by atoms with E-state index < -0.39 is 12.2 Å². The number of unbranched alkanes of at least 4 members (excludes halogenated alkanes) is 2. The molecule has 0 amide bonds. The summed E-state index contributed by atoms with van der Waals surface area (Å²) >= 11 is 0. The van der Waals surface area contributed by atoms with Crippen LogP contribution in [0.15, 0.2) is 122 Å². The van der Waals surface area contributed by atoms with Crippen molar-refractivity contribution in [2.75, 3.05) is 0 Å². The number of rotatable bonds is 16. The molecule has 260 valence electrons. The average Bonchev–Trinajstić information content (AvgIpc) is 3.20. The van der Waals surface area contributed by atoms with E-state index in [4.69, 9.17) is 24.7 Å². The van der Waals surface area contributed by atoms with Crippen molar-refractivity contribution < 1.29 is 4.74 Å². The van der Waals surface area contributed by atoms with Crippen molar-refractivity contribution in [3.8, 4) is 22.5 Å². The topological polar surface area (TPSA) is 60.8 Å². The van der Waals surface area contributed by atoms with Gasteiger partial charge in [0.1, 0.15) is 12.2 Å². The van der Waals surface area contributed by atoms with Gasteiger partial charge in [0.15, 0.2) is 0 Å². The molecule has 0 spiro atoms. The third-order valence-electron chi connectivity index (χ3n) is 9.67. The van der Waals surface area contributed by atoms with E-state index in [2.05, 4.69) is 125 Å². The van der Waals surface area contributed by atoms with Crippen molar-refractivity contribution in [3.63, 3.8) is 0 Å². The molecule has 6 rings (SSSR count). The predicted molar refractivity (Wildman–Crippen MR) is 209 cm³/mol. The summed E-state index contributed by atoms with van der Waals surface area (Å²) in [6.07, 6.45) is 15.3. The fourth-order valence-corrected chi connectivity index (χ4v) is 6.32. The van der Waals surface area contributed by atoms with Crippen LogP contribution in [0.25, 0.3) is 22.5 Å². The van der Waals surface area contributed by atoms with Crippen molar-refractivity contribution >= 4 is 0 Å². The molecule has 2 aromatic heterocycles. The van der Waals surface area contributed by atoms with Crippen molar-refractivity contribution in [2.24, 2.45) is 0 Å². The Balaban J connectivity index is 1.37. The largest absolute Gasteiger partial charge is 0.353 e. The van der Waals surface area contributed by atoms with Crippen LogP contribution >= 0.6 is 0 Å². The third-order valence-corrected chi connectivity index (χ3v) is 9.67. The third kappa shape index (κ3) is 9.22. The molecular weight excluding hydrogens is 625 g/mol. The van der Waals surface area contributed by atoms with E-state index in [9.17, 15) is 0 Å². The molecule has 2 unspecified atom stereocenters. The Bertz CT molecular complexity index is 1770. The van der Waals surface area contributed by atoms with E-state index in [-0.39, 0.29) is 0 Å². The van der Waals surface area contributed by atoms with Gasteiger partial charge in [-0.25, -0.2) is 0 Å². The Morgan fingerprint density at radius 1 is 0.431 bits per heavy atom. The van der Waals surface area contributed by atoms with E-state index in [1.54, 1.807) is 0 Å². The van der Waals surface area contributed by atoms with Gasteiger partial charge < -0.3 is 4.74 Å². The van der Waals surface area contributed by atoms with Crippen molar-refractivity contribution in [1.29, 1.82) is 0 Å². The van der Waals surface area contributed by atoms with Crippen LogP contribution in [-0.4, -0.2) is 19.9 Å². The van der Waals surface area contributed by atoms with Crippen molar-refractivity contribution in [1.82, 2.24) is 19.9 Å². The molecule has 6 aromatic rings. The minimum atomic E-state index is -0.484. The maximum Gasteiger partial charge on any atom is 0.127 e. The first-order valence-electron chi connectivity index (χ1n) is 18.7. The highest BCUT2D eigenvalue weighted by molar-refractivity contribution is 5.59. The number of ether oxygens (including phenoxy) is 1. The fraction of sp³-hybridized carbons (Fsp3) is 0.304. The Hall–Kier alpha value is -5.00. The molecule has 2 atom stereocenters. The van der Waals surface area contributed by atoms with E-state index in [1.807, 2.05) is 24.8 Å². The van der Waals surface area contributed by atoms with Gasteiger partial charge in [-0.15, -0.1) is 0 Å². The first-order valence-corrected chi connectivity index (χ1v) is 18.7. The van der Waals surface area contributed by atoms with E-state index in [1.165, 1.54) is 47.9 Å². The summed E-state index contributed by atoms with van der Waals surface area (Å²) in [6, 6.07) is 34.7. The highest BCUT2D eigenvalue weighted by Gasteiger charge is 2.26. The fourth-order valence-electron chi connectivity index (χ4n) is 6.32. The highest BCUT2D eigenvalue weighted by Crippen LogP contribution is 2.36. The van der Waals surface area contributed by atoms with Gasteiger partial charge >= 0.3 is 0 Å². The molecule has 4 aromatic carbocycles. The summed E-state index contributed by atoms with van der Waals surface area (Å²) in [5.74, 6) is 0. The van der Waals surface area contributed by atoms with Gasteiger partial charge in [-0.3, -0.25) is 19.9 Å². The molecule has 0 radical (unpaired) electrons. The molecule has 51 heavy (non-hydrogen) atoms. The lowest BCUT2D eigenvalue weighted by Gasteiger charge is -2.25. The lowest BCUT2D eigenvalue weighted by atomic mass is 9.99. The Labute approximate surface area is 304 Å². The quantitative estimate of drug-likeness (QED) is 0.102. The Morgan fingerprint density at radius 2 is 0.804 bits per heavy atom. The summed E-state index contributed by atoms with van der Waals surface area (Å²) in [4.78, 5) is 19.7. The molecule has 0 saturated heterocycles. The SMILES string of the molecule is CCCCc1ccc(C(OC(c2ccc(CCCC)cc2)c2cnc(-c3ccc(CC)cc3)cn2)c2cnc(-c3ccc(CC)cc3)cn2)cc1. The zero-order chi connectivity index (χ0) is 35.4. The van der Waals surface area contributed by atoms with Crippen LogP contribution in [0.2, 0.25) is 0 Å². The van der Waals surface area contributed by atoms with Crippen LogP contribution in [0.4, 0.5) is 0 Å². The molecular formula is C46H50N4O. The number of hydrogen-bond acceptors (Lipinski definition) is 5. The molecule has 0 N–H and O–H groups in total. The Morgan fingerprint density at radius 3 is 1.12 bits per heavy atom. The molecule has 5 heteroatoms. The van der Waals surface area contributed by atoms with Crippen molar-refractivity contribution in [2.45, 2.75) is 91.3 Å². The maximum absolute atomic E-state index is 7.18. The number of nitrogens with zero attached hydrogens (tertiary/aromatic N) is 4. The molecule has 5 nitrogen and oxygen atoms in total. The van der Waals surface area contributed by atoms with Gasteiger partial charge in [0.05, 0.1) is 47.6 Å². The first kappa shape index (κ1) is 35.8. The molecule has 2 heterocycles. The summed E-state index contributed by atoms with van der Waals surface area (Å²) < 4.78 is 7.18. The second kappa shape index (κ2) is 17.8. The molecule has 0 bridgehead atoms. The molecule has 0 fully saturated rings. The van der Waals surface area contributed by atoms with E-state index in [0.29, 0.717) is 0 Å². The van der Waals surface area contributed by atoms with Crippen LogP contribution in [0.5, 0.6) is 0 Å². The minimum absolute atomic E-state index is 0.484. The van der Waals surface area contributed by atoms with Crippen LogP contribution in [0.3, 0.4) is 0 Å². The lowest BCUT2D eigenvalue weighted by molar-refractivity contribution is 0.0258. The van der Waals surface area contributed by atoms with Gasteiger partial charge in [-0.05, 0) is 71.9 Å². The van der Waals surface area contributed by atoms with Crippen LogP contribution in [0.1, 0.15) is 110 Å². The van der Waals surface area contributed by atoms with Gasteiger partial charge in [-0.1, -0.05) is 138 Å². The average molecular weight is 675 g/mol. The standard InChI is InChI=1S/C46H50N4O/c1-5-9-11-35-17-25-39(26-18-35)45(43-31-47-41(29-49-43)37-21-13-33(7-3)14-22-37)51-46(40-27-19-36(20-28-40)12-10-6-2)44-32-48-42(30-50-44)38-23-15-34(8-4)16-24-38/h13-32,45-46H,5-12H2,1-4H3. The number of aromatic nitrogens is 4. The Kier molecular flexibility index (Phi) is 12.5. The smallest absolute Gasteiger partial charge is 0.127 e. The van der Waals surface area contributed by atoms with Gasteiger partial charge in [-0.2, -0.15) is 0 Å². The van der Waals surface area contributed by atoms with E-state index >= 15 is 0 Å². The monoisotopic (exact) mass is 674 g/mol. The minimum Gasteiger partial charge on any atom is -0.353 e. The summed E-state index contributed by atoms with van der Waals surface area (Å²) in [5, 5.41) is 0. The van der Waals surface area contributed by atoms with Crippen molar-refractivity contribution in [3.05, 3.63) is 167 Å². The normalized spacial score (nSPS) is 12.5. The molecule has 0 aliphatic heterocycles. The zero-order valence-electron chi connectivity index (χ0n) is 30.6. The zero-order valence-corrected chi connectivity index (χ0v) is 30.6. The lowest BCUT2D eigenvalue weighted by Crippen LogP contribution is -2.16. The maximum atomic E-state index is 7.18. The predicted octanol–water partition coefficient (Wildman–Crippen LogP) is 11.3. The van der Waals surface area contributed by atoms with E-state index in [0.717, 1.165) is 70.7 Å². The van der Waals surface area contributed by atoms with Crippen LogP contribution < -0.4 is 0 Å². The summed E-state index contributed by atoms with van der Waals surface area (Å²) in [5.41, 5.74) is 12.5. The second-order valence-corrected chi connectivity index (χ2v) is 13.3. The highest BCUT2D eigenvalue weighted by atomic mass is 16.5. The summed E-state index contributed by atoms with van der Waals surface area (Å²) in [7, 11) is 0. The number of aryl methyl sites for hydroxylation is 4. The summed E-state index contributed by atoms with van der Waals surface area (Å²) in [6.45, 7) is 8.79. The molecule has 0 aliphatic carbocycles. The number of hydrogen-bond donors (Lipinski definition) is 0. The van der Waals surface area contributed by atoms with Crippen LogP contribution in [-0.2, 0) is 30.4 Å². The molecule has 0 saturated carbocycles. The van der Waals surface area contributed by atoms with Gasteiger partial charge in [0, 0.05) is 11.1 Å². The number of benzene rings is 4. The van der Waals surface area contributed by atoms with Gasteiger partial charge in [0.2, 0.25) is 0 Å². The molecule has 0 aliphatic rings. The second-order valence-electron chi connectivity index (χ2n) is 13.3. The van der Waals surface area contributed by atoms with Crippen LogP contribution in [0, 0.1) is 0 Å². The van der Waals surface area contributed by atoms with Gasteiger partial charge in [0.25, 0.3) is 0 Å². The first-order chi connectivity index (χ1) is 25.1.